The zero-order chi connectivity index (χ0) is 15.0. The highest BCUT2D eigenvalue weighted by Gasteiger charge is 2.46. The molecular formula is C15H25NO3. The fourth-order valence-corrected chi connectivity index (χ4v) is 2.48. The van der Waals surface area contributed by atoms with E-state index in [-0.39, 0.29) is 48.2 Å². The molecule has 2 unspecified atom stereocenters. The van der Waals surface area contributed by atoms with Gasteiger partial charge in [0, 0.05) is 24.7 Å². The molecule has 1 fully saturated rings. The Kier molecular flexibility index (Phi) is 4.54. The Balaban J connectivity index is 2.96. The Morgan fingerprint density at radius 1 is 1.05 bits per heavy atom. The van der Waals surface area contributed by atoms with Gasteiger partial charge in [-0.2, -0.15) is 0 Å². The highest BCUT2D eigenvalue weighted by molar-refractivity contribution is 6.03. The number of amides is 2. The zero-order valence-electron chi connectivity index (χ0n) is 12.8. The van der Waals surface area contributed by atoms with Crippen LogP contribution >= 0.6 is 0 Å². The molecule has 0 aromatic heterocycles. The first kappa shape index (κ1) is 15.9. The maximum absolute atomic E-state index is 12.5. The molecule has 1 heterocycles. The van der Waals surface area contributed by atoms with Crippen LogP contribution in [0.15, 0.2) is 0 Å². The number of imide groups is 1. The zero-order valence-corrected chi connectivity index (χ0v) is 12.8. The minimum atomic E-state index is -0.745. The predicted octanol–water partition coefficient (Wildman–Crippen LogP) is 2.41. The largest absolute Gasteiger partial charge is 0.299 e. The number of carbonyl (C=O) groups is 3. The number of likely N-dealkylation sites (tertiary alicyclic amines) is 1. The van der Waals surface area contributed by atoms with E-state index in [1.54, 1.807) is 0 Å². The Bertz CT molecular complexity index is 382. The minimum Gasteiger partial charge on any atom is -0.299 e. The summed E-state index contributed by atoms with van der Waals surface area (Å²) in [5.74, 6) is -0.361. The minimum absolute atomic E-state index is 0.0675. The van der Waals surface area contributed by atoms with Gasteiger partial charge in [0.05, 0.1) is 5.54 Å². The molecule has 1 aliphatic rings. The fourth-order valence-electron chi connectivity index (χ4n) is 2.48. The average molecular weight is 267 g/mol. The molecule has 0 spiro atoms. The second-order valence-corrected chi connectivity index (χ2v) is 6.43. The molecule has 4 heteroatoms. The standard InChI is InChI=1S/C15H25NO3/c1-9(2)10(3)14(19)11(4)15(5,6)16-12(17)7-8-13(16)18/h9-11H,7-8H2,1-6H3. The summed E-state index contributed by atoms with van der Waals surface area (Å²) < 4.78 is 0. The van der Waals surface area contributed by atoms with Gasteiger partial charge in [-0.25, -0.2) is 0 Å². The van der Waals surface area contributed by atoms with Gasteiger partial charge in [-0.1, -0.05) is 27.7 Å². The molecule has 0 radical (unpaired) electrons. The third-order valence-corrected chi connectivity index (χ3v) is 4.56. The lowest BCUT2D eigenvalue weighted by molar-refractivity contribution is -0.148. The third kappa shape index (κ3) is 2.88. The molecule has 0 N–H and O–H groups in total. The maximum Gasteiger partial charge on any atom is 0.230 e. The van der Waals surface area contributed by atoms with Gasteiger partial charge in [0.2, 0.25) is 11.8 Å². The Hall–Kier alpha value is -1.19. The van der Waals surface area contributed by atoms with Crippen molar-refractivity contribution in [1.29, 1.82) is 0 Å². The van der Waals surface area contributed by atoms with Gasteiger partial charge in [-0.05, 0) is 19.8 Å². The summed E-state index contributed by atoms with van der Waals surface area (Å²) in [5, 5.41) is 0. The van der Waals surface area contributed by atoms with Crippen LogP contribution in [-0.2, 0) is 14.4 Å². The van der Waals surface area contributed by atoms with Gasteiger partial charge >= 0.3 is 0 Å². The molecule has 0 aromatic rings. The summed E-state index contributed by atoms with van der Waals surface area (Å²) in [6, 6.07) is 0. The number of carbonyl (C=O) groups excluding carboxylic acids is 3. The van der Waals surface area contributed by atoms with Crippen LogP contribution in [0.2, 0.25) is 0 Å². The lowest BCUT2D eigenvalue weighted by atomic mass is 9.77. The summed E-state index contributed by atoms with van der Waals surface area (Å²) >= 11 is 0. The molecule has 4 nitrogen and oxygen atoms in total. The average Bonchev–Trinajstić information content (AvgIpc) is 2.66. The molecule has 0 aromatic carbocycles. The first-order chi connectivity index (χ1) is 8.60. The van der Waals surface area contributed by atoms with Crippen LogP contribution < -0.4 is 0 Å². The van der Waals surface area contributed by atoms with Crippen LogP contribution in [0.5, 0.6) is 0 Å². The summed E-state index contributed by atoms with van der Waals surface area (Å²) in [6.45, 7) is 11.4. The smallest absolute Gasteiger partial charge is 0.230 e. The third-order valence-electron chi connectivity index (χ3n) is 4.56. The van der Waals surface area contributed by atoms with Crippen molar-refractivity contribution in [1.82, 2.24) is 4.90 Å². The summed E-state index contributed by atoms with van der Waals surface area (Å²) in [5.41, 5.74) is -0.745. The molecule has 0 aliphatic carbocycles. The number of rotatable bonds is 5. The van der Waals surface area contributed by atoms with Crippen molar-refractivity contribution < 1.29 is 14.4 Å². The van der Waals surface area contributed by atoms with E-state index in [9.17, 15) is 14.4 Å². The highest BCUT2D eigenvalue weighted by Crippen LogP contribution is 2.32. The molecule has 2 amide bonds. The van der Waals surface area contributed by atoms with Crippen molar-refractivity contribution in [2.45, 2.75) is 59.9 Å². The molecular weight excluding hydrogens is 242 g/mol. The number of hydrogen-bond donors (Lipinski definition) is 0. The van der Waals surface area contributed by atoms with Crippen LogP contribution in [0.3, 0.4) is 0 Å². The monoisotopic (exact) mass is 267 g/mol. The van der Waals surface area contributed by atoms with Crippen molar-refractivity contribution in [3.05, 3.63) is 0 Å². The van der Waals surface area contributed by atoms with Gasteiger partial charge in [0.15, 0.2) is 0 Å². The van der Waals surface area contributed by atoms with Gasteiger partial charge in [-0.3, -0.25) is 19.3 Å². The summed E-state index contributed by atoms with van der Waals surface area (Å²) in [4.78, 5) is 37.5. The molecule has 108 valence electrons. The van der Waals surface area contributed by atoms with Gasteiger partial charge in [0.25, 0.3) is 0 Å². The molecule has 19 heavy (non-hydrogen) atoms. The molecule has 1 saturated heterocycles. The van der Waals surface area contributed by atoms with Crippen LogP contribution in [0.25, 0.3) is 0 Å². The molecule has 2 atom stereocenters. The van der Waals surface area contributed by atoms with E-state index < -0.39 is 5.54 Å². The number of Topliss-reactive ketones (excluding diaryl/α,β-unsaturated/α-hetero) is 1. The SMILES string of the molecule is CC(C)C(C)C(=O)C(C)C(C)(C)N1C(=O)CCC1=O. The van der Waals surface area contributed by atoms with Gasteiger partial charge in [-0.15, -0.1) is 0 Å². The van der Waals surface area contributed by atoms with E-state index in [4.69, 9.17) is 0 Å². The first-order valence-corrected chi connectivity index (χ1v) is 7.00. The quantitative estimate of drug-likeness (QED) is 0.719. The Labute approximate surface area is 115 Å². The lowest BCUT2D eigenvalue weighted by Gasteiger charge is -2.39. The van der Waals surface area contributed by atoms with Gasteiger partial charge in [0.1, 0.15) is 5.78 Å². The van der Waals surface area contributed by atoms with E-state index in [1.165, 1.54) is 4.90 Å². The Morgan fingerprint density at radius 2 is 1.47 bits per heavy atom. The van der Waals surface area contributed by atoms with Crippen molar-refractivity contribution in [2.24, 2.45) is 17.8 Å². The molecule has 0 saturated carbocycles. The van der Waals surface area contributed by atoms with Crippen LogP contribution in [0, 0.1) is 17.8 Å². The predicted molar refractivity (Wildman–Crippen MR) is 73.3 cm³/mol. The summed E-state index contributed by atoms with van der Waals surface area (Å²) in [6.07, 6.45) is 0.534. The molecule has 1 rings (SSSR count). The van der Waals surface area contributed by atoms with E-state index in [1.807, 2.05) is 41.5 Å². The van der Waals surface area contributed by atoms with Crippen LogP contribution in [0.1, 0.15) is 54.4 Å². The van der Waals surface area contributed by atoms with E-state index in [0.29, 0.717) is 0 Å². The Morgan fingerprint density at radius 3 is 1.84 bits per heavy atom. The van der Waals surface area contributed by atoms with Crippen LogP contribution in [-0.4, -0.2) is 28.0 Å². The van der Waals surface area contributed by atoms with E-state index in [0.717, 1.165) is 0 Å². The lowest BCUT2D eigenvalue weighted by Crippen LogP contribution is -2.54. The van der Waals surface area contributed by atoms with Crippen molar-refractivity contribution >= 4 is 17.6 Å². The van der Waals surface area contributed by atoms with E-state index >= 15 is 0 Å². The number of ketones is 1. The van der Waals surface area contributed by atoms with Crippen molar-refractivity contribution in [3.63, 3.8) is 0 Å². The number of nitrogens with zero attached hydrogens (tertiary/aromatic N) is 1. The van der Waals surface area contributed by atoms with Gasteiger partial charge < -0.3 is 0 Å². The topological polar surface area (TPSA) is 54.5 Å². The van der Waals surface area contributed by atoms with Crippen molar-refractivity contribution in [3.8, 4) is 0 Å². The first-order valence-electron chi connectivity index (χ1n) is 7.00. The number of hydrogen-bond acceptors (Lipinski definition) is 3. The summed E-state index contributed by atoms with van der Waals surface area (Å²) in [7, 11) is 0. The molecule has 0 bridgehead atoms. The maximum atomic E-state index is 12.5. The highest BCUT2D eigenvalue weighted by atomic mass is 16.2. The second-order valence-electron chi connectivity index (χ2n) is 6.43. The van der Waals surface area contributed by atoms with E-state index in [2.05, 4.69) is 0 Å². The second kappa shape index (κ2) is 5.43. The normalized spacial score (nSPS) is 20.1. The molecule has 1 aliphatic heterocycles. The van der Waals surface area contributed by atoms with Crippen molar-refractivity contribution in [2.75, 3.05) is 0 Å². The van der Waals surface area contributed by atoms with Crippen LogP contribution in [0.4, 0.5) is 0 Å². The fraction of sp³-hybridized carbons (Fsp3) is 0.800.